The van der Waals surface area contributed by atoms with Crippen LogP contribution in [-0.2, 0) is 6.42 Å². The van der Waals surface area contributed by atoms with Gasteiger partial charge in [0.05, 0.1) is 6.10 Å². The third-order valence-electron chi connectivity index (χ3n) is 4.57. The Morgan fingerprint density at radius 1 is 1.47 bits per heavy atom. The van der Waals surface area contributed by atoms with E-state index in [0.29, 0.717) is 6.04 Å². The number of hydrogen-bond donors (Lipinski definition) is 2. The van der Waals surface area contributed by atoms with Crippen LogP contribution >= 0.6 is 11.6 Å². The molecular weight excluding hydrogens is 262 g/mol. The maximum absolute atomic E-state index is 9.72. The largest absolute Gasteiger partial charge is 0.488 e. The number of rotatable bonds is 3. The van der Waals surface area contributed by atoms with Gasteiger partial charge in [-0.15, -0.1) is 0 Å². The van der Waals surface area contributed by atoms with Crippen LogP contribution in [-0.4, -0.2) is 29.9 Å². The molecule has 1 aromatic rings. The minimum absolute atomic E-state index is 0.0330. The standard InChI is InChI=1S/C15H20ClNO2/c1-15(2)13(7-14(15)18)17-8-11-6-9-5-10(16)3-4-12(9)19-11/h3-5,11,13-14,17-18H,6-8H2,1-2H3. The van der Waals surface area contributed by atoms with E-state index in [-0.39, 0.29) is 17.6 Å². The minimum atomic E-state index is -0.189. The van der Waals surface area contributed by atoms with Crippen molar-refractivity contribution in [1.29, 1.82) is 0 Å². The van der Waals surface area contributed by atoms with Crippen LogP contribution < -0.4 is 10.1 Å². The van der Waals surface area contributed by atoms with Gasteiger partial charge in [0.2, 0.25) is 0 Å². The van der Waals surface area contributed by atoms with E-state index in [1.807, 2.05) is 18.2 Å². The van der Waals surface area contributed by atoms with Crippen LogP contribution in [0.3, 0.4) is 0 Å². The van der Waals surface area contributed by atoms with E-state index in [1.165, 1.54) is 5.56 Å². The molecule has 104 valence electrons. The van der Waals surface area contributed by atoms with E-state index >= 15 is 0 Å². The number of ether oxygens (including phenoxy) is 1. The summed E-state index contributed by atoms with van der Waals surface area (Å²) in [5.41, 5.74) is 1.15. The average molecular weight is 282 g/mol. The van der Waals surface area contributed by atoms with Gasteiger partial charge in [-0.05, 0) is 30.2 Å². The van der Waals surface area contributed by atoms with Crippen molar-refractivity contribution in [3.63, 3.8) is 0 Å². The molecule has 1 fully saturated rings. The summed E-state index contributed by atoms with van der Waals surface area (Å²) in [5.74, 6) is 0.948. The van der Waals surface area contributed by atoms with E-state index < -0.39 is 0 Å². The quantitative estimate of drug-likeness (QED) is 0.894. The average Bonchev–Trinajstić information content (AvgIpc) is 2.76. The first-order chi connectivity index (χ1) is 8.96. The van der Waals surface area contributed by atoms with Gasteiger partial charge < -0.3 is 15.2 Å². The number of benzene rings is 1. The molecule has 2 N–H and O–H groups in total. The molecule has 0 aromatic heterocycles. The fraction of sp³-hybridized carbons (Fsp3) is 0.600. The number of aliphatic hydroxyl groups is 1. The fourth-order valence-corrected chi connectivity index (χ4v) is 3.12. The molecule has 1 aliphatic carbocycles. The van der Waals surface area contributed by atoms with Crippen LogP contribution in [0.5, 0.6) is 5.75 Å². The maximum Gasteiger partial charge on any atom is 0.123 e. The highest BCUT2D eigenvalue weighted by Gasteiger charge is 2.47. The number of aliphatic hydroxyl groups excluding tert-OH is 1. The molecule has 1 aliphatic heterocycles. The fourth-order valence-electron chi connectivity index (χ4n) is 2.93. The van der Waals surface area contributed by atoms with Crippen molar-refractivity contribution in [2.75, 3.05) is 6.54 Å². The summed E-state index contributed by atoms with van der Waals surface area (Å²) in [4.78, 5) is 0. The van der Waals surface area contributed by atoms with Gasteiger partial charge in [0, 0.05) is 29.4 Å². The smallest absolute Gasteiger partial charge is 0.123 e. The molecule has 3 atom stereocenters. The predicted octanol–water partition coefficient (Wildman–Crippen LogP) is 2.39. The second-order valence-electron chi connectivity index (χ2n) is 6.23. The zero-order valence-corrected chi connectivity index (χ0v) is 12.1. The first-order valence-corrected chi connectivity index (χ1v) is 7.21. The zero-order valence-electron chi connectivity index (χ0n) is 11.3. The lowest BCUT2D eigenvalue weighted by atomic mass is 9.64. The van der Waals surface area contributed by atoms with E-state index in [1.54, 1.807) is 0 Å². The summed E-state index contributed by atoms with van der Waals surface area (Å²) in [6.45, 7) is 5.01. The van der Waals surface area contributed by atoms with Crippen LogP contribution in [0.15, 0.2) is 18.2 Å². The van der Waals surface area contributed by atoms with E-state index in [4.69, 9.17) is 16.3 Å². The molecule has 4 heteroatoms. The molecule has 0 saturated heterocycles. The van der Waals surface area contributed by atoms with Crippen molar-refractivity contribution < 1.29 is 9.84 Å². The molecule has 0 bridgehead atoms. The number of halogens is 1. The summed E-state index contributed by atoms with van der Waals surface area (Å²) >= 11 is 5.98. The Morgan fingerprint density at radius 3 is 2.95 bits per heavy atom. The zero-order chi connectivity index (χ0) is 13.6. The minimum Gasteiger partial charge on any atom is -0.488 e. The van der Waals surface area contributed by atoms with Crippen LogP contribution in [0, 0.1) is 5.41 Å². The highest BCUT2D eigenvalue weighted by atomic mass is 35.5. The van der Waals surface area contributed by atoms with Gasteiger partial charge in [0.25, 0.3) is 0 Å². The highest BCUT2D eigenvalue weighted by Crippen LogP contribution is 2.40. The Balaban J connectivity index is 1.54. The van der Waals surface area contributed by atoms with Gasteiger partial charge in [-0.2, -0.15) is 0 Å². The van der Waals surface area contributed by atoms with Gasteiger partial charge in [0.15, 0.2) is 0 Å². The lowest BCUT2D eigenvalue weighted by Gasteiger charge is -2.49. The second kappa shape index (κ2) is 4.65. The molecule has 3 nitrogen and oxygen atoms in total. The summed E-state index contributed by atoms with van der Waals surface area (Å²) in [7, 11) is 0. The normalized spacial score (nSPS) is 31.5. The molecule has 1 saturated carbocycles. The van der Waals surface area contributed by atoms with Crippen molar-refractivity contribution in [3.8, 4) is 5.75 Å². The Morgan fingerprint density at radius 2 is 2.26 bits per heavy atom. The van der Waals surface area contributed by atoms with Crippen LogP contribution in [0.2, 0.25) is 5.02 Å². The lowest BCUT2D eigenvalue weighted by Crippen LogP contribution is -2.61. The molecule has 0 spiro atoms. The van der Waals surface area contributed by atoms with Crippen LogP contribution in [0.4, 0.5) is 0 Å². The summed E-state index contributed by atoms with van der Waals surface area (Å²) < 4.78 is 5.89. The number of hydrogen-bond acceptors (Lipinski definition) is 3. The SMILES string of the molecule is CC1(C)C(O)CC1NCC1Cc2cc(Cl)ccc2O1. The Hall–Kier alpha value is -0.770. The Kier molecular flexibility index (Phi) is 3.24. The van der Waals surface area contributed by atoms with Crippen molar-refractivity contribution in [1.82, 2.24) is 5.32 Å². The van der Waals surface area contributed by atoms with E-state index in [9.17, 15) is 5.11 Å². The molecule has 3 rings (SSSR count). The molecule has 2 aliphatic rings. The first-order valence-electron chi connectivity index (χ1n) is 6.83. The third-order valence-corrected chi connectivity index (χ3v) is 4.81. The maximum atomic E-state index is 9.72. The topological polar surface area (TPSA) is 41.5 Å². The van der Waals surface area contributed by atoms with Gasteiger partial charge in [-0.3, -0.25) is 0 Å². The van der Waals surface area contributed by atoms with Gasteiger partial charge in [-0.1, -0.05) is 25.4 Å². The second-order valence-corrected chi connectivity index (χ2v) is 6.67. The van der Waals surface area contributed by atoms with Gasteiger partial charge in [-0.25, -0.2) is 0 Å². The van der Waals surface area contributed by atoms with Crippen molar-refractivity contribution in [3.05, 3.63) is 28.8 Å². The van der Waals surface area contributed by atoms with Crippen molar-refractivity contribution >= 4 is 11.6 Å². The molecule has 1 heterocycles. The van der Waals surface area contributed by atoms with Gasteiger partial charge >= 0.3 is 0 Å². The summed E-state index contributed by atoms with van der Waals surface area (Å²) in [6, 6.07) is 6.16. The van der Waals surface area contributed by atoms with Crippen LogP contribution in [0.1, 0.15) is 25.8 Å². The molecule has 19 heavy (non-hydrogen) atoms. The van der Waals surface area contributed by atoms with Crippen molar-refractivity contribution in [2.45, 2.75) is 44.9 Å². The molecular formula is C15H20ClNO2. The Bertz CT molecular complexity index is 489. The Labute approximate surface area is 118 Å². The molecule has 0 radical (unpaired) electrons. The summed E-state index contributed by atoms with van der Waals surface area (Å²) in [6.07, 6.45) is 1.71. The van der Waals surface area contributed by atoms with Crippen LogP contribution in [0.25, 0.3) is 0 Å². The summed E-state index contributed by atoms with van der Waals surface area (Å²) in [5, 5.41) is 14.0. The monoisotopic (exact) mass is 281 g/mol. The molecule has 1 aromatic carbocycles. The highest BCUT2D eigenvalue weighted by molar-refractivity contribution is 6.30. The lowest BCUT2D eigenvalue weighted by molar-refractivity contribution is -0.0740. The number of fused-ring (bicyclic) bond motifs is 1. The van der Waals surface area contributed by atoms with E-state index in [0.717, 1.165) is 30.2 Å². The van der Waals surface area contributed by atoms with Crippen molar-refractivity contribution in [2.24, 2.45) is 5.41 Å². The first kappa shape index (κ1) is 13.2. The predicted molar refractivity (Wildman–Crippen MR) is 75.8 cm³/mol. The van der Waals surface area contributed by atoms with Gasteiger partial charge in [0.1, 0.15) is 11.9 Å². The van der Waals surface area contributed by atoms with E-state index in [2.05, 4.69) is 19.2 Å². The molecule has 0 amide bonds. The third kappa shape index (κ3) is 2.35. The molecule has 3 unspecified atom stereocenters. The number of nitrogens with one attached hydrogen (secondary N) is 1.